The van der Waals surface area contributed by atoms with Crippen LogP contribution in [0.5, 0.6) is 0 Å². The minimum atomic E-state index is -3.95. The average Bonchev–Trinajstić information content (AvgIpc) is 3.30. The molecule has 5 N–H and O–H groups in total. The lowest BCUT2D eigenvalue weighted by Crippen LogP contribution is -2.55. The maximum atomic E-state index is 14.5. The van der Waals surface area contributed by atoms with Crippen LogP contribution in [0.2, 0.25) is 0 Å². The van der Waals surface area contributed by atoms with Gasteiger partial charge in [0.2, 0.25) is 15.9 Å². The van der Waals surface area contributed by atoms with Crippen molar-refractivity contribution in [1.29, 1.82) is 0 Å². The molecule has 3 aromatic carbocycles. The fourth-order valence-electron chi connectivity index (χ4n) is 6.06. The number of amides is 6. The van der Waals surface area contributed by atoms with E-state index >= 15 is 0 Å². The number of aryl methyl sites for hydroxylation is 1. The summed E-state index contributed by atoms with van der Waals surface area (Å²) >= 11 is 0. The molecule has 15 heteroatoms. The van der Waals surface area contributed by atoms with Crippen molar-refractivity contribution in [3.05, 3.63) is 95.6 Å². The molecule has 0 radical (unpaired) electrons. The first-order valence-electron chi connectivity index (χ1n) is 17.5. The molecule has 14 nitrogen and oxygen atoms in total. The van der Waals surface area contributed by atoms with Crippen molar-refractivity contribution in [3.63, 3.8) is 0 Å². The van der Waals surface area contributed by atoms with Gasteiger partial charge in [-0.1, -0.05) is 87.9 Å². The van der Waals surface area contributed by atoms with Gasteiger partial charge in [0.15, 0.2) is 0 Å². The number of para-hydroxylation sites is 1. The second kappa shape index (κ2) is 17.5. The summed E-state index contributed by atoms with van der Waals surface area (Å²) in [5.74, 6) is -3.37. The Kier molecular flexibility index (Phi) is 13.4. The molecule has 1 saturated heterocycles. The molecular formula is C38H48N6O8S. The van der Waals surface area contributed by atoms with E-state index in [2.05, 4.69) is 20.7 Å². The smallest absolute Gasteiger partial charge is 0.329 e. The van der Waals surface area contributed by atoms with E-state index in [1.165, 1.54) is 4.90 Å². The van der Waals surface area contributed by atoms with E-state index in [0.717, 1.165) is 10.5 Å². The third-order valence-electron chi connectivity index (χ3n) is 9.07. The molecule has 1 fully saturated rings. The van der Waals surface area contributed by atoms with Crippen LogP contribution < -0.4 is 20.7 Å². The Labute approximate surface area is 310 Å². The highest BCUT2D eigenvalue weighted by Gasteiger charge is 2.58. The molecule has 0 spiro atoms. The largest absolute Gasteiger partial charge is 0.480 e. The first-order valence-corrected chi connectivity index (χ1v) is 19.2. The fourth-order valence-corrected chi connectivity index (χ4v) is 7.46. The highest BCUT2D eigenvalue weighted by molar-refractivity contribution is 7.89. The number of nitrogens with zero attached hydrogens (tertiary/aromatic N) is 2. The lowest BCUT2D eigenvalue weighted by atomic mass is 9.89. The predicted molar refractivity (Wildman–Crippen MR) is 201 cm³/mol. The molecule has 3 aromatic rings. The molecule has 284 valence electrons. The third kappa shape index (κ3) is 9.99. The van der Waals surface area contributed by atoms with E-state index in [1.807, 2.05) is 39.0 Å². The highest BCUT2D eigenvalue weighted by atomic mass is 32.2. The van der Waals surface area contributed by atoms with E-state index in [-0.39, 0.29) is 24.6 Å². The summed E-state index contributed by atoms with van der Waals surface area (Å²) in [5, 5.41) is 17.8. The Hall–Kier alpha value is -5.28. The Bertz CT molecular complexity index is 1900. The molecule has 3 atom stereocenters. The molecule has 4 rings (SSSR count). The molecule has 0 bridgehead atoms. The third-order valence-corrected chi connectivity index (χ3v) is 10.5. The van der Waals surface area contributed by atoms with Gasteiger partial charge in [-0.05, 0) is 67.5 Å². The maximum Gasteiger partial charge on any atom is 0.329 e. The fraction of sp³-hybridized carbons (Fsp3) is 0.395. The first-order chi connectivity index (χ1) is 25.1. The highest BCUT2D eigenvalue weighted by Crippen LogP contribution is 2.40. The van der Waals surface area contributed by atoms with Gasteiger partial charge in [0.25, 0.3) is 5.91 Å². The van der Waals surface area contributed by atoms with Crippen LogP contribution in [0, 0.1) is 12.8 Å². The number of benzene rings is 3. The lowest BCUT2D eigenvalue weighted by Gasteiger charge is -2.32. The van der Waals surface area contributed by atoms with Crippen LogP contribution in [0.15, 0.2) is 78.9 Å². The number of aliphatic carboxylic acids is 1. The Morgan fingerprint density at radius 3 is 2.15 bits per heavy atom. The van der Waals surface area contributed by atoms with Crippen LogP contribution in [-0.2, 0) is 36.5 Å². The normalized spacial score (nSPS) is 17.1. The zero-order valence-corrected chi connectivity index (χ0v) is 31.4. The summed E-state index contributed by atoms with van der Waals surface area (Å²) in [6.45, 7) is 8.30. The molecule has 0 saturated carbocycles. The minimum Gasteiger partial charge on any atom is -0.480 e. The van der Waals surface area contributed by atoms with Crippen molar-refractivity contribution in [2.24, 2.45) is 5.92 Å². The molecule has 0 aromatic heterocycles. The molecule has 1 aliphatic rings. The van der Waals surface area contributed by atoms with Crippen molar-refractivity contribution in [1.82, 2.24) is 19.8 Å². The van der Waals surface area contributed by atoms with E-state index < -0.39 is 64.0 Å². The Balaban J connectivity index is 1.58. The van der Waals surface area contributed by atoms with Crippen LogP contribution in [0.25, 0.3) is 0 Å². The zero-order chi connectivity index (χ0) is 38.9. The molecule has 53 heavy (non-hydrogen) atoms. The number of hydrogen-bond acceptors (Lipinski definition) is 7. The first kappa shape index (κ1) is 40.5. The number of urea groups is 2. The molecule has 6 amide bonds. The van der Waals surface area contributed by atoms with Gasteiger partial charge in [0.1, 0.15) is 17.6 Å². The number of unbranched alkanes of at least 4 members (excludes halogenated alkanes) is 1. The Morgan fingerprint density at radius 2 is 1.55 bits per heavy atom. The van der Waals surface area contributed by atoms with Crippen molar-refractivity contribution >= 4 is 51.2 Å². The number of hydrogen-bond donors (Lipinski definition) is 5. The van der Waals surface area contributed by atoms with Crippen LogP contribution in [0.4, 0.5) is 21.0 Å². The molecule has 0 aliphatic carbocycles. The minimum absolute atomic E-state index is 0.0290. The number of imide groups is 1. The standard InChI is InChI=1S/C38H48N6O8S/c1-6-7-21-53(51,52)42-31(34(46)47)23-39-33(45)32(22-25(2)3)44-35(48)38(5,28-14-9-8-10-15-28)43(37(44)50)24-27-17-19-29(20-18-27)40-36(49)41-30-16-12-11-13-26(30)4/h8-20,25,31-32,42H,6-7,21-24H2,1-5H3,(H,39,45)(H,46,47)(H2,40,41,49). The predicted octanol–water partition coefficient (Wildman–Crippen LogP) is 5.02. The molecule has 1 aliphatic heterocycles. The van der Waals surface area contributed by atoms with Crippen molar-refractivity contribution in [2.75, 3.05) is 22.9 Å². The SMILES string of the molecule is CCCCS(=O)(=O)NC(CNC(=O)C(CC(C)C)N1C(=O)N(Cc2ccc(NC(=O)Nc3ccccc3C)cc2)C(C)(c2ccccc2)C1=O)C(=O)O. The summed E-state index contributed by atoms with van der Waals surface area (Å²) in [5.41, 5.74) is 1.70. The summed E-state index contributed by atoms with van der Waals surface area (Å²) in [6, 6.07) is 18.7. The quantitative estimate of drug-likeness (QED) is 0.119. The number of nitrogens with one attached hydrogen (secondary N) is 4. The van der Waals surface area contributed by atoms with Crippen molar-refractivity contribution < 1.29 is 37.5 Å². The number of carbonyl (C=O) groups is 5. The van der Waals surface area contributed by atoms with E-state index in [0.29, 0.717) is 35.3 Å². The second-order valence-electron chi connectivity index (χ2n) is 13.6. The number of carboxylic acids is 1. The number of sulfonamides is 1. The summed E-state index contributed by atoms with van der Waals surface area (Å²) in [6.07, 6.45) is 0.971. The molecule has 3 unspecified atom stereocenters. The van der Waals surface area contributed by atoms with Gasteiger partial charge in [-0.2, -0.15) is 4.72 Å². The van der Waals surface area contributed by atoms with Crippen LogP contribution in [0.1, 0.15) is 63.6 Å². The summed E-state index contributed by atoms with van der Waals surface area (Å²) in [4.78, 5) is 69.6. The van der Waals surface area contributed by atoms with Crippen LogP contribution in [0.3, 0.4) is 0 Å². The topological polar surface area (TPSA) is 194 Å². The van der Waals surface area contributed by atoms with E-state index in [9.17, 15) is 37.5 Å². The van der Waals surface area contributed by atoms with Gasteiger partial charge in [-0.3, -0.25) is 14.4 Å². The number of carbonyl (C=O) groups excluding carboxylic acids is 4. The van der Waals surface area contributed by atoms with Crippen LogP contribution >= 0.6 is 0 Å². The second-order valence-corrected chi connectivity index (χ2v) is 15.5. The van der Waals surface area contributed by atoms with Gasteiger partial charge in [-0.15, -0.1) is 0 Å². The maximum absolute atomic E-state index is 14.5. The van der Waals surface area contributed by atoms with E-state index in [4.69, 9.17) is 0 Å². The monoisotopic (exact) mass is 748 g/mol. The molecule has 1 heterocycles. The zero-order valence-electron chi connectivity index (χ0n) is 30.6. The number of anilines is 2. The van der Waals surface area contributed by atoms with Crippen molar-refractivity contribution in [2.45, 2.75) is 78.0 Å². The number of carboxylic acid groups (broad SMARTS) is 1. The summed E-state index contributed by atoms with van der Waals surface area (Å²) < 4.78 is 27.0. The van der Waals surface area contributed by atoms with E-state index in [1.54, 1.807) is 74.5 Å². The van der Waals surface area contributed by atoms with Gasteiger partial charge >= 0.3 is 18.0 Å². The van der Waals surface area contributed by atoms with Gasteiger partial charge in [0.05, 0.1) is 5.75 Å². The van der Waals surface area contributed by atoms with Gasteiger partial charge in [-0.25, -0.2) is 22.9 Å². The van der Waals surface area contributed by atoms with Gasteiger partial charge in [0, 0.05) is 24.5 Å². The van der Waals surface area contributed by atoms with Crippen LogP contribution in [-0.4, -0.2) is 77.6 Å². The molecular weight excluding hydrogens is 701 g/mol. The Morgan fingerprint density at radius 1 is 0.906 bits per heavy atom. The number of rotatable bonds is 17. The average molecular weight is 749 g/mol. The van der Waals surface area contributed by atoms with Crippen molar-refractivity contribution in [3.8, 4) is 0 Å². The lowest BCUT2D eigenvalue weighted by molar-refractivity contribution is -0.141. The summed E-state index contributed by atoms with van der Waals surface area (Å²) in [7, 11) is -3.95. The van der Waals surface area contributed by atoms with Gasteiger partial charge < -0.3 is 26.0 Å².